The maximum absolute atomic E-state index is 11.7. The van der Waals surface area contributed by atoms with Crippen molar-refractivity contribution in [1.29, 1.82) is 0 Å². The van der Waals surface area contributed by atoms with Crippen LogP contribution < -0.4 is 5.73 Å². The molecule has 2 aliphatic rings. The first kappa shape index (κ1) is 12.8. The smallest absolute Gasteiger partial charge is 0.239 e. The minimum absolute atomic E-state index is 0.0711. The molecule has 2 aliphatic heterocycles. The van der Waals surface area contributed by atoms with E-state index < -0.39 is 0 Å². The van der Waals surface area contributed by atoms with Gasteiger partial charge < -0.3 is 15.4 Å². The molecule has 0 bridgehead atoms. The van der Waals surface area contributed by atoms with E-state index >= 15 is 0 Å². The van der Waals surface area contributed by atoms with Gasteiger partial charge >= 0.3 is 0 Å². The van der Waals surface area contributed by atoms with Crippen LogP contribution in [-0.4, -0.2) is 67.2 Å². The maximum Gasteiger partial charge on any atom is 0.239 e. The summed E-state index contributed by atoms with van der Waals surface area (Å²) in [4.78, 5) is 16.0. The minimum Gasteiger partial charge on any atom is -0.377 e. The Hall–Kier alpha value is -0.650. The Morgan fingerprint density at radius 2 is 2.12 bits per heavy atom. The normalized spacial score (nSPS) is 28.4. The van der Waals surface area contributed by atoms with Crippen molar-refractivity contribution in [3.05, 3.63) is 0 Å². The van der Waals surface area contributed by atoms with Crippen molar-refractivity contribution in [2.75, 3.05) is 39.3 Å². The molecule has 17 heavy (non-hydrogen) atoms. The van der Waals surface area contributed by atoms with Crippen LogP contribution in [0.25, 0.3) is 0 Å². The van der Waals surface area contributed by atoms with Gasteiger partial charge in [0.2, 0.25) is 5.91 Å². The van der Waals surface area contributed by atoms with E-state index in [2.05, 4.69) is 4.90 Å². The van der Waals surface area contributed by atoms with Crippen LogP contribution in [0.5, 0.6) is 0 Å². The zero-order chi connectivity index (χ0) is 12.3. The molecule has 98 valence electrons. The van der Waals surface area contributed by atoms with Crippen LogP contribution in [0.1, 0.15) is 19.8 Å². The number of ether oxygens (including phenoxy) is 1. The Labute approximate surface area is 103 Å². The lowest BCUT2D eigenvalue weighted by Gasteiger charge is -2.36. The summed E-state index contributed by atoms with van der Waals surface area (Å²) in [5, 5.41) is 0. The average molecular weight is 241 g/mol. The van der Waals surface area contributed by atoms with E-state index in [1.807, 2.05) is 4.90 Å². The van der Waals surface area contributed by atoms with Crippen molar-refractivity contribution in [3.63, 3.8) is 0 Å². The number of carbonyl (C=O) groups is 1. The Morgan fingerprint density at radius 3 is 2.65 bits per heavy atom. The third-order valence-electron chi connectivity index (χ3n) is 3.56. The highest BCUT2D eigenvalue weighted by Crippen LogP contribution is 2.14. The number of carbonyl (C=O) groups excluding carboxylic acids is 1. The molecule has 1 amide bonds. The molecule has 1 unspecified atom stereocenters. The van der Waals surface area contributed by atoms with E-state index in [-0.39, 0.29) is 11.9 Å². The second kappa shape index (κ2) is 5.80. The van der Waals surface area contributed by atoms with E-state index in [9.17, 15) is 4.79 Å². The zero-order valence-corrected chi connectivity index (χ0v) is 10.6. The van der Waals surface area contributed by atoms with Gasteiger partial charge in [-0.05, 0) is 19.8 Å². The highest BCUT2D eigenvalue weighted by atomic mass is 16.5. The molecule has 2 N–H and O–H groups in total. The summed E-state index contributed by atoms with van der Waals surface area (Å²) in [6, 6.07) is -0.375. The average Bonchev–Trinajstić information content (AvgIpc) is 2.82. The number of amides is 1. The lowest BCUT2D eigenvalue weighted by molar-refractivity contribution is -0.134. The highest BCUT2D eigenvalue weighted by Gasteiger charge is 2.25. The van der Waals surface area contributed by atoms with E-state index in [1.165, 1.54) is 12.8 Å². The molecule has 2 heterocycles. The SMILES string of the molecule is C[C@@H](N)C(=O)N1CCN(CC2CCCO2)CC1. The van der Waals surface area contributed by atoms with E-state index in [0.717, 1.165) is 39.3 Å². The monoisotopic (exact) mass is 241 g/mol. The van der Waals surface area contributed by atoms with Gasteiger partial charge in [0.1, 0.15) is 0 Å². The topological polar surface area (TPSA) is 58.8 Å². The second-order valence-corrected chi connectivity index (χ2v) is 5.05. The van der Waals surface area contributed by atoms with Gasteiger partial charge in [-0.3, -0.25) is 9.69 Å². The summed E-state index contributed by atoms with van der Waals surface area (Å²) >= 11 is 0. The fourth-order valence-corrected chi connectivity index (χ4v) is 2.52. The Bertz CT molecular complexity index is 256. The van der Waals surface area contributed by atoms with Crippen molar-refractivity contribution >= 4 is 5.91 Å². The summed E-state index contributed by atoms with van der Waals surface area (Å²) in [6.45, 7) is 7.16. The molecule has 5 nitrogen and oxygen atoms in total. The number of rotatable bonds is 3. The number of nitrogens with two attached hydrogens (primary N) is 1. The van der Waals surface area contributed by atoms with Crippen LogP contribution >= 0.6 is 0 Å². The van der Waals surface area contributed by atoms with Crippen molar-refractivity contribution in [3.8, 4) is 0 Å². The van der Waals surface area contributed by atoms with Crippen LogP contribution in [0.2, 0.25) is 0 Å². The first-order valence-electron chi connectivity index (χ1n) is 6.55. The van der Waals surface area contributed by atoms with Crippen LogP contribution in [0.3, 0.4) is 0 Å². The first-order valence-corrected chi connectivity index (χ1v) is 6.55. The quantitative estimate of drug-likeness (QED) is 0.734. The molecule has 5 heteroatoms. The van der Waals surface area contributed by atoms with Gasteiger partial charge in [0.05, 0.1) is 12.1 Å². The molecular weight excluding hydrogens is 218 g/mol. The third kappa shape index (κ3) is 3.40. The molecule has 0 radical (unpaired) electrons. The Balaban J connectivity index is 1.72. The molecule has 2 rings (SSSR count). The van der Waals surface area contributed by atoms with Crippen LogP contribution in [0, 0.1) is 0 Å². The van der Waals surface area contributed by atoms with Crippen LogP contribution in [-0.2, 0) is 9.53 Å². The minimum atomic E-state index is -0.375. The Kier molecular flexibility index (Phi) is 4.36. The lowest BCUT2D eigenvalue weighted by atomic mass is 10.2. The summed E-state index contributed by atoms with van der Waals surface area (Å²) in [5.74, 6) is 0.0711. The third-order valence-corrected chi connectivity index (χ3v) is 3.56. The van der Waals surface area contributed by atoms with Gasteiger partial charge in [0.15, 0.2) is 0 Å². The fraction of sp³-hybridized carbons (Fsp3) is 0.917. The standard InChI is InChI=1S/C12H23N3O2/c1-10(13)12(16)15-6-4-14(5-7-15)9-11-3-2-8-17-11/h10-11H,2-9,13H2,1H3/t10-,11?/m1/s1. The summed E-state index contributed by atoms with van der Waals surface area (Å²) < 4.78 is 5.63. The zero-order valence-electron chi connectivity index (χ0n) is 10.6. The molecule has 2 saturated heterocycles. The summed E-state index contributed by atoms with van der Waals surface area (Å²) in [7, 11) is 0. The van der Waals surface area contributed by atoms with Gasteiger partial charge in [-0.2, -0.15) is 0 Å². The molecule has 0 aliphatic carbocycles. The predicted molar refractivity (Wildman–Crippen MR) is 65.6 cm³/mol. The van der Waals surface area contributed by atoms with Gasteiger partial charge in [0, 0.05) is 39.3 Å². The molecule has 2 fully saturated rings. The van der Waals surface area contributed by atoms with E-state index in [4.69, 9.17) is 10.5 Å². The van der Waals surface area contributed by atoms with Gasteiger partial charge in [0.25, 0.3) is 0 Å². The van der Waals surface area contributed by atoms with E-state index in [0.29, 0.717) is 6.10 Å². The number of piperazine rings is 1. The van der Waals surface area contributed by atoms with Gasteiger partial charge in [-0.25, -0.2) is 0 Å². The predicted octanol–water partition coefficient (Wildman–Crippen LogP) is -0.343. The summed E-state index contributed by atoms with van der Waals surface area (Å²) in [5.41, 5.74) is 5.61. The lowest BCUT2D eigenvalue weighted by Crippen LogP contribution is -2.53. The molecular formula is C12H23N3O2. The van der Waals surface area contributed by atoms with Crippen molar-refractivity contribution < 1.29 is 9.53 Å². The van der Waals surface area contributed by atoms with Gasteiger partial charge in [-0.15, -0.1) is 0 Å². The van der Waals surface area contributed by atoms with Crippen LogP contribution in [0.15, 0.2) is 0 Å². The number of hydrogen-bond donors (Lipinski definition) is 1. The fourth-order valence-electron chi connectivity index (χ4n) is 2.52. The van der Waals surface area contributed by atoms with Crippen molar-refractivity contribution in [2.45, 2.75) is 31.9 Å². The van der Waals surface area contributed by atoms with Crippen molar-refractivity contribution in [2.24, 2.45) is 5.73 Å². The summed E-state index contributed by atoms with van der Waals surface area (Å²) in [6.07, 6.45) is 2.78. The maximum atomic E-state index is 11.7. The molecule has 0 aromatic heterocycles. The molecule has 2 atom stereocenters. The molecule has 0 spiro atoms. The second-order valence-electron chi connectivity index (χ2n) is 5.05. The first-order chi connectivity index (χ1) is 8.16. The molecule has 0 aromatic rings. The molecule has 0 saturated carbocycles. The highest BCUT2D eigenvalue weighted by molar-refractivity contribution is 5.81. The van der Waals surface area contributed by atoms with Crippen molar-refractivity contribution in [1.82, 2.24) is 9.80 Å². The van der Waals surface area contributed by atoms with E-state index in [1.54, 1.807) is 6.92 Å². The van der Waals surface area contributed by atoms with Gasteiger partial charge in [-0.1, -0.05) is 0 Å². The van der Waals surface area contributed by atoms with Crippen LogP contribution in [0.4, 0.5) is 0 Å². The number of hydrogen-bond acceptors (Lipinski definition) is 4. The number of nitrogens with zero attached hydrogens (tertiary/aromatic N) is 2. The Morgan fingerprint density at radius 1 is 1.41 bits per heavy atom. The molecule has 0 aromatic carbocycles. The largest absolute Gasteiger partial charge is 0.377 e.